The van der Waals surface area contributed by atoms with Crippen LogP contribution in [0.3, 0.4) is 0 Å². The van der Waals surface area contributed by atoms with Crippen molar-refractivity contribution < 1.29 is 4.79 Å². The van der Waals surface area contributed by atoms with E-state index in [-0.39, 0.29) is 5.91 Å². The van der Waals surface area contributed by atoms with Crippen LogP contribution < -0.4 is 5.32 Å². The number of aromatic nitrogens is 1. The Kier molecular flexibility index (Phi) is 3.07. The second-order valence-corrected chi connectivity index (χ2v) is 4.82. The van der Waals surface area contributed by atoms with E-state index in [1.165, 1.54) is 0 Å². The Labute approximate surface area is 112 Å². The number of carbonyl (C=O) groups excluding carboxylic acids is 1. The van der Waals surface area contributed by atoms with Gasteiger partial charge in [0, 0.05) is 25.5 Å². The summed E-state index contributed by atoms with van der Waals surface area (Å²) in [7, 11) is 1.82. The van der Waals surface area contributed by atoms with Crippen LogP contribution in [0.2, 0.25) is 0 Å². The zero-order valence-corrected chi connectivity index (χ0v) is 11.0. The van der Waals surface area contributed by atoms with Gasteiger partial charge in [-0.25, -0.2) is 4.98 Å². The van der Waals surface area contributed by atoms with Gasteiger partial charge in [0.15, 0.2) is 0 Å². The molecule has 1 aliphatic rings. The van der Waals surface area contributed by atoms with Gasteiger partial charge in [-0.2, -0.15) is 0 Å². The summed E-state index contributed by atoms with van der Waals surface area (Å²) in [6.45, 7) is 1.73. The summed E-state index contributed by atoms with van der Waals surface area (Å²) in [5.41, 5.74) is 1.61. The van der Waals surface area contributed by atoms with Crippen molar-refractivity contribution in [3.8, 4) is 0 Å². The topological polar surface area (TPSA) is 45.2 Å². The van der Waals surface area contributed by atoms with Crippen LogP contribution in [0, 0.1) is 0 Å². The maximum Gasteiger partial charge on any atom is 0.254 e. The van der Waals surface area contributed by atoms with Crippen molar-refractivity contribution in [1.82, 2.24) is 9.88 Å². The standard InChI is InChI=1S/C15H17N3O/c1-16-14-10-12(15(19)18-8-4-5-9-18)11-6-2-3-7-13(11)17-14/h2-3,6-7,10H,4-5,8-9H2,1H3,(H,16,17). The van der Waals surface area contributed by atoms with E-state index in [0.717, 1.165) is 48.2 Å². The summed E-state index contributed by atoms with van der Waals surface area (Å²) in [6, 6.07) is 9.65. The molecule has 1 amide bonds. The molecule has 1 aromatic heterocycles. The molecule has 0 bridgehead atoms. The average Bonchev–Trinajstić information content (AvgIpc) is 2.99. The summed E-state index contributed by atoms with van der Waals surface area (Å²) in [6.07, 6.45) is 2.21. The van der Waals surface area contributed by atoms with Crippen LogP contribution in [0.15, 0.2) is 30.3 Å². The smallest absolute Gasteiger partial charge is 0.254 e. The van der Waals surface area contributed by atoms with Crippen molar-refractivity contribution in [3.05, 3.63) is 35.9 Å². The predicted octanol–water partition coefficient (Wildman–Crippen LogP) is 2.51. The maximum absolute atomic E-state index is 12.6. The van der Waals surface area contributed by atoms with Gasteiger partial charge in [0.25, 0.3) is 5.91 Å². The van der Waals surface area contributed by atoms with Gasteiger partial charge in [-0.3, -0.25) is 4.79 Å². The minimum atomic E-state index is 0.118. The lowest BCUT2D eigenvalue weighted by Gasteiger charge is -2.17. The van der Waals surface area contributed by atoms with Crippen molar-refractivity contribution in [2.45, 2.75) is 12.8 Å². The SMILES string of the molecule is CNc1cc(C(=O)N2CCCC2)c2ccccc2n1. The first kappa shape index (κ1) is 12.0. The van der Waals surface area contributed by atoms with Crippen molar-refractivity contribution >= 4 is 22.6 Å². The zero-order valence-electron chi connectivity index (χ0n) is 11.0. The van der Waals surface area contributed by atoms with Crippen molar-refractivity contribution in [2.75, 3.05) is 25.5 Å². The molecule has 0 saturated carbocycles. The van der Waals surface area contributed by atoms with Gasteiger partial charge >= 0.3 is 0 Å². The van der Waals surface area contributed by atoms with Gasteiger partial charge in [0.1, 0.15) is 5.82 Å². The molecular weight excluding hydrogens is 238 g/mol. The quantitative estimate of drug-likeness (QED) is 0.896. The molecule has 4 heteroatoms. The molecule has 2 heterocycles. The van der Waals surface area contributed by atoms with Crippen LogP contribution in [0.4, 0.5) is 5.82 Å². The van der Waals surface area contributed by atoms with Gasteiger partial charge in [0.05, 0.1) is 11.1 Å². The predicted molar refractivity (Wildman–Crippen MR) is 76.4 cm³/mol. The molecule has 0 radical (unpaired) electrons. The largest absolute Gasteiger partial charge is 0.373 e. The van der Waals surface area contributed by atoms with Gasteiger partial charge in [-0.05, 0) is 25.0 Å². The number of rotatable bonds is 2. The van der Waals surface area contributed by atoms with E-state index in [1.54, 1.807) is 0 Å². The fourth-order valence-electron chi connectivity index (χ4n) is 2.57. The minimum Gasteiger partial charge on any atom is -0.373 e. The molecule has 19 heavy (non-hydrogen) atoms. The van der Waals surface area contributed by atoms with Crippen LogP contribution in [0.25, 0.3) is 10.9 Å². The number of likely N-dealkylation sites (tertiary alicyclic amines) is 1. The Morgan fingerprint density at radius 2 is 2.00 bits per heavy atom. The average molecular weight is 255 g/mol. The number of benzene rings is 1. The summed E-state index contributed by atoms with van der Waals surface area (Å²) >= 11 is 0. The molecule has 98 valence electrons. The van der Waals surface area contributed by atoms with Gasteiger partial charge in [0.2, 0.25) is 0 Å². The van der Waals surface area contributed by atoms with Gasteiger partial charge < -0.3 is 10.2 Å². The third-order valence-corrected chi connectivity index (χ3v) is 3.60. The Morgan fingerprint density at radius 3 is 2.74 bits per heavy atom. The maximum atomic E-state index is 12.6. The van der Waals surface area contributed by atoms with E-state index in [2.05, 4.69) is 10.3 Å². The molecule has 0 atom stereocenters. The summed E-state index contributed by atoms with van der Waals surface area (Å²) < 4.78 is 0. The van der Waals surface area contributed by atoms with Crippen LogP contribution >= 0.6 is 0 Å². The minimum absolute atomic E-state index is 0.118. The first-order valence-electron chi connectivity index (χ1n) is 6.66. The number of amides is 1. The number of para-hydroxylation sites is 1. The second-order valence-electron chi connectivity index (χ2n) is 4.82. The number of hydrogen-bond donors (Lipinski definition) is 1. The molecule has 3 rings (SSSR count). The highest BCUT2D eigenvalue weighted by molar-refractivity contribution is 6.07. The van der Waals surface area contributed by atoms with E-state index < -0.39 is 0 Å². The lowest BCUT2D eigenvalue weighted by atomic mass is 10.1. The molecule has 2 aromatic rings. The first-order chi connectivity index (χ1) is 9.29. The van der Waals surface area contributed by atoms with Crippen LogP contribution in [0.1, 0.15) is 23.2 Å². The van der Waals surface area contributed by atoms with Crippen LogP contribution in [0.5, 0.6) is 0 Å². The lowest BCUT2D eigenvalue weighted by molar-refractivity contribution is 0.0795. The van der Waals surface area contributed by atoms with E-state index in [4.69, 9.17) is 0 Å². The summed E-state index contributed by atoms with van der Waals surface area (Å²) in [5.74, 6) is 0.855. The van der Waals surface area contributed by atoms with Crippen molar-refractivity contribution in [3.63, 3.8) is 0 Å². The van der Waals surface area contributed by atoms with E-state index >= 15 is 0 Å². The molecular formula is C15H17N3O. The van der Waals surface area contributed by atoms with Crippen molar-refractivity contribution in [2.24, 2.45) is 0 Å². The van der Waals surface area contributed by atoms with Gasteiger partial charge in [-0.1, -0.05) is 18.2 Å². The number of fused-ring (bicyclic) bond motifs is 1. The molecule has 1 aromatic carbocycles. The molecule has 0 unspecified atom stereocenters. The Bertz CT molecular complexity index is 618. The molecule has 0 aliphatic carbocycles. The number of anilines is 1. The lowest BCUT2D eigenvalue weighted by Crippen LogP contribution is -2.27. The molecule has 4 nitrogen and oxygen atoms in total. The van der Waals surface area contributed by atoms with E-state index in [9.17, 15) is 4.79 Å². The molecule has 1 aliphatic heterocycles. The Balaban J connectivity index is 2.12. The number of nitrogens with one attached hydrogen (secondary N) is 1. The van der Waals surface area contributed by atoms with E-state index in [0.29, 0.717) is 0 Å². The molecule has 1 fully saturated rings. The molecule has 1 N–H and O–H groups in total. The molecule has 0 spiro atoms. The second kappa shape index (κ2) is 4.88. The third-order valence-electron chi connectivity index (χ3n) is 3.60. The highest BCUT2D eigenvalue weighted by Gasteiger charge is 2.21. The monoisotopic (exact) mass is 255 g/mol. The summed E-state index contributed by atoms with van der Waals surface area (Å²) in [4.78, 5) is 19.0. The van der Waals surface area contributed by atoms with Crippen LogP contribution in [-0.2, 0) is 0 Å². The fourth-order valence-corrected chi connectivity index (χ4v) is 2.57. The number of pyridine rings is 1. The highest BCUT2D eigenvalue weighted by atomic mass is 16.2. The number of hydrogen-bond acceptors (Lipinski definition) is 3. The van der Waals surface area contributed by atoms with E-state index in [1.807, 2.05) is 42.3 Å². The number of nitrogens with zero attached hydrogens (tertiary/aromatic N) is 2. The molecule has 1 saturated heterocycles. The summed E-state index contributed by atoms with van der Waals surface area (Å²) in [5, 5.41) is 3.95. The Morgan fingerprint density at radius 1 is 1.26 bits per heavy atom. The first-order valence-corrected chi connectivity index (χ1v) is 6.66. The van der Waals surface area contributed by atoms with Gasteiger partial charge in [-0.15, -0.1) is 0 Å². The third kappa shape index (κ3) is 2.14. The number of carbonyl (C=O) groups is 1. The normalized spacial score (nSPS) is 14.9. The van der Waals surface area contributed by atoms with Crippen LogP contribution in [-0.4, -0.2) is 35.9 Å². The Hall–Kier alpha value is -2.10. The fraction of sp³-hybridized carbons (Fsp3) is 0.333. The zero-order chi connectivity index (χ0) is 13.2. The highest BCUT2D eigenvalue weighted by Crippen LogP contribution is 2.23. The van der Waals surface area contributed by atoms with Crippen molar-refractivity contribution in [1.29, 1.82) is 0 Å².